The first-order chi connectivity index (χ1) is 11.0. The van der Waals surface area contributed by atoms with Crippen LogP contribution in [-0.4, -0.2) is 40.6 Å². The zero-order valence-corrected chi connectivity index (χ0v) is 13.7. The van der Waals surface area contributed by atoms with E-state index in [4.69, 9.17) is 4.52 Å². The lowest BCUT2D eigenvalue weighted by Gasteiger charge is -2.14. The zero-order valence-electron chi connectivity index (χ0n) is 13.7. The van der Waals surface area contributed by atoms with Crippen molar-refractivity contribution in [2.45, 2.75) is 38.3 Å². The van der Waals surface area contributed by atoms with Gasteiger partial charge >= 0.3 is 0 Å². The maximum atomic E-state index is 12.3. The third-order valence-electron chi connectivity index (χ3n) is 4.18. The molecule has 0 spiro atoms. The number of carbonyl (C=O) groups is 1. The fourth-order valence-corrected chi connectivity index (χ4v) is 2.87. The van der Waals surface area contributed by atoms with Crippen LogP contribution >= 0.6 is 0 Å². The van der Waals surface area contributed by atoms with Gasteiger partial charge in [0.25, 0.3) is 5.91 Å². The molecule has 122 valence electrons. The fourth-order valence-electron chi connectivity index (χ4n) is 2.87. The van der Waals surface area contributed by atoms with E-state index in [0.717, 1.165) is 18.8 Å². The second-order valence-electron chi connectivity index (χ2n) is 6.37. The number of nitrogens with one attached hydrogen (secondary N) is 1. The van der Waals surface area contributed by atoms with Crippen molar-refractivity contribution in [2.24, 2.45) is 0 Å². The van der Waals surface area contributed by atoms with Crippen molar-refractivity contribution in [3.63, 3.8) is 0 Å². The van der Waals surface area contributed by atoms with E-state index in [9.17, 15) is 4.79 Å². The number of rotatable bonds is 4. The highest BCUT2D eigenvalue weighted by Crippen LogP contribution is 2.30. The van der Waals surface area contributed by atoms with Gasteiger partial charge in [-0.2, -0.15) is 4.98 Å². The molecule has 2 aromatic rings. The second-order valence-corrected chi connectivity index (χ2v) is 6.37. The van der Waals surface area contributed by atoms with Crippen molar-refractivity contribution < 1.29 is 9.32 Å². The largest absolute Gasteiger partial charge is 0.348 e. The third-order valence-corrected chi connectivity index (χ3v) is 4.18. The summed E-state index contributed by atoms with van der Waals surface area (Å²) < 4.78 is 5.40. The molecule has 23 heavy (non-hydrogen) atoms. The summed E-state index contributed by atoms with van der Waals surface area (Å²) in [7, 11) is 2.01. The smallest absolute Gasteiger partial charge is 0.251 e. The number of nitrogens with zero attached hydrogens (tertiary/aromatic N) is 3. The van der Waals surface area contributed by atoms with E-state index in [1.165, 1.54) is 0 Å². The summed E-state index contributed by atoms with van der Waals surface area (Å²) in [5, 5.41) is 7.11. The maximum Gasteiger partial charge on any atom is 0.251 e. The lowest BCUT2D eigenvalue weighted by molar-refractivity contribution is 0.0938. The minimum Gasteiger partial charge on any atom is -0.348 e. The number of likely N-dealkylation sites (tertiary alicyclic amines) is 1. The lowest BCUT2D eigenvalue weighted by Crippen LogP contribution is -2.36. The maximum absolute atomic E-state index is 12.3. The molecule has 3 rings (SSSR count). The van der Waals surface area contributed by atoms with Gasteiger partial charge in [0.05, 0.1) is 6.04 Å². The molecule has 6 nitrogen and oxygen atoms in total. The number of hydrogen-bond acceptors (Lipinski definition) is 5. The molecule has 0 aliphatic carbocycles. The van der Waals surface area contributed by atoms with Gasteiger partial charge < -0.3 is 9.84 Å². The van der Waals surface area contributed by atoms with E-state index in [1.807, 2.05) is 51.2 Å². The topological polar surface area (TPSA) is 71.3 Å². The van der Waals surface area contributed by atoms with Crippen molar-refractivity contribution in [1.29, 1.82) is 0 Å². The number of amides is 1. The van der Waals surface area contributed by atoms with Crippen LogP contribution < -0.4 is 5.32 Å². The highest BCUT2D eigenvalue weighted by molar-refractivity contribution is 5.94. The first kappa shape index (κ1) is 15.7. The summed E-state index contributed by atoms with van der Waals surface area (Å²) in [6.45, 7) is 4.84. The molecule has 1 fully saturated rings. The minimum atomic E-state index is -0.0435. The summed E-state index contributed by atoms with van der Waals surface area (Å²) in [6.07, 6.45) is 0.773. The molecular weight excluding hydrogens is 292 g/mol. The van der Waals surface area contributed by atoms with Gasteiger partial charge in [-0.15, -0.1) is 0 Å². The molecule has 1 aliphatic heterocycles. The molecule has 6 heteroatoms. The van der Waals surface area contributed by atoms with Crippen molar-refractivity contribution in [1.82, 2.24) is 20.4 Å². The van der Waals surface area contributed by atoms with Gasteiger partial charge in [0.15, 0.2) is 5.82 Å². The number of hydrogen-bond donors (Lipinski definition) is 1. The Balaban J connectivity index is 1.65. The van der Waals surface area contributed by atoms with Crippen LogP contribution in [0.4, 0.5) is 0 Å². The van der Waals surface area contributed by atoms with Crippen LogP contribution in [0.15, 0.2) is 34.9 Å². The van der Waals surface area contributed by atoms with Crippen molar-refractivity contribution in [3.8, 4) is 0 Å². The SMILES string of the molecule is CC(C)c1noc([C@H]2C[C@H](NC(=O)c3ccccc3)CN2C)n1. The first-order valence-electron chi connectivity index (χ1n) is 7.94. The zero-order chi connectivity index (χ0) is 16.4. The van der Waals surface area contributed by atoms with Gasteiger partial charge in [-0.1, -0.05) is 37.2 Å². The molecule has 0 radical (unpaired) electrons. The molecule has 1 aliphatic rings. The van der Waals surface area contributed by atoms with Crippen molar-refractivity contribution in [3.05, 3.63) is 47.6 Å². The van der Waals surface area contributed by atoms with Gasteiger partial charge in [0, 0.05) is 24.1 Å². The van der Waals surface area contributed by atoms with Gasteiger partial charge in [-0.05, 0) is 25.6 Å². The van der Waals surface area contributed by atoms with E-state index in [2.05, 4.69) is 20.4 Å². The summed E-state index contributed by atoms with van der Waals surface area (Å²) in [6, 6.07) is 9.40. The van der Waals surface area contributed by atoms with E-state index in [0.29, 0.717) is 11.5 Å². The molecule has 0 saturated carbocycles. The third kappa shape index (κ3) is 3.42. The van der Waals surface area contributed by atoms with Gasteiger partial charge in [-0.25, -0.2) is 0 Å². The van der Waals surface area contributed by atoms with E-state index < -0.39 is 0 Å². The van der Waals surface area contributed by atoms with Crippen LogP contribution in [-0.2, 0) is 0 Å². The second kappa shape index (κ2) is 6.50. The highest BCUT2D eigenvalue weighted by atomic mass is 16.5. The van der Waals surface area contributed by atoms with Crippen LogP contribution in [0.3, 0.4) is 0 Å². The van der Waals surface area contributed by atoms with Crippen LogP contribution in [0, 0.1) is 0 Å². The lowest BCUT2D eigenvalue weighted by atomic mass is 10.1. The number of carbonyl (C=O) groups excluding carboxylic acids is 1. The molecular formula is C17H22N4O2. The standard InChI is InChI=1S/C17H22N4O2/c1-11(2)15-19-17(23-20-15)14-9-13(10-21(14)3)18-16(22)12-7-5-4-6-8-12/h4-8,11,13-14H,9-10H2,1-3H3,(H,18,22)/t13-,14+/m0/s1. The Morgan fingerprint density at radius 3 is 2.74 bits per heavy atom. The summed E-state index contributed by atoms with van der Waals surface area (Å²) in [5.41, 5.74) is 0.679. The Morgan fingerprint density at radius 1 is 1.35 bits per heavy atom. The molecule has 1 amide bonds. The number of likely N-dealkylation sites (N-methyl/N-ethyl adjacent to an activating group) is 1. The molecule has 0 bridgehead atoms. The fraction of sp³-hybridized carbons (Fsp3) is 0.471. The van der Waals surface area contributed by atoms with Crippen LogP contribution in [0.25, 0.3) is 0 Å². The Kier molecular flexibility index (Phi) is 4.43. The summed E-state index contributed by atoms with van der Waals surface area (Å²) in [5.74, 6) is 1.56. The molecule has 1 aromatic heterocycles. The molecule has 1 saturated heterocycles. The van der Waals surface area contributed by atoms with E-state index >= 15 is 0 Å². The normalized spacial score (nSPS) is 21.7. The van der Waals surface area contributed by atoms with Crippen molar-refractivity contribution in [2.75, 3.05) is 13.6 Å². The van der Waals surface area contributed by atoms with Crippen LogP contribution in [0.1, 0.15) is 54.3 Å². The Hall–Kier alpha value is -2.21. The Morgan fingerprint density at radius 2 is 2.09 bits per heavy atom. The molecule has 1 N–H and O–H groups in total. The van der Waals surface area contributed by atoms with E-state index in [-0.39, 0.29) is 23.9 Å². The molecule has 2 atom stereocenters. The predicted molar refractivity (Wildman–Crippen MR) is 86.1 cm³/mol. The monoisotopic (exact) mass is 314 g/mol. The average Bonchev–Trinajstić information content (AvgIpc) is 3.15. The van der Waals surface area contributed by atoms with Gasteiger partial charge in [-0.3, -0.25) is 9.69 Å². The summed E-state index contributed by atoms with van der Waals surface area (Å²) in [4.78, 5) is 18.9. The average molecular weight is 314 g/mol. The van der Waals surface area contributed by atoms with Crippen LogP contribution in [0.5, 0.6) is 0 Å². The predicted octanol–water partition coefficient (Wildman–Crippen LogP) is 2.37. The van der Waals surface area contributed by atoms with E-state index in [1.54, 1.807) is 0 Å². The summed E-state index contributed by atoms with van der Waals surface area (Å²) >= 11 is 0. The number of benzene rings is 1. The quantitative estimate of drug-likeness (QED) is 0.938. The van der Waals surface area contributed by atoms with Gasteiger partial charge in [0.1, 0.15) is 0 Å². The minimum absolute atomic E-state index is 0.0435. The molecule has 0 unspecified atom stereocenters. The van der Waals surface area contributed by atoms with Crippen molar-refractivity contribution >= 4 is 5.91 Å². The first-order valence-corrected chi connectivity index (χ1v) is 7.94. The Bertz CT molecular complexity index is 668. The van der Waals surface area contributed by atoms with Crippen LogP contribution in [0.2, 0.25) is 0 Å². The molecule has 2 heterocycles. The van der Waals surface area contributed by atoms with Gasteiger partial charge in [0.2, 0.25) is 5.89 Å². The number of aromatic nitrogens is 2. The molecule has 1 aromatic carbocycles. The highest BCUT2D eigenvalue weighted by Gasteiger charge is 2.35. The Labute approximate surface area is 135 Å².